The van der Waals surface area contributed by atoms with E-state index in [4.69, 9.17) is 4.74 Å². The molecule has 0 aromatic carbocycles. The zero-order valence-corrected chi connectivity index (χ0v) is 11.9. The summed E-state index contributed by atoms with van der Waals surface area (Å²) in [6.45, 7) is 5.82. The number of nitrogens with zero attached hydrogens (tertiary/aromatic N) is 2. The van der Waals surface area contributed by atoms with E-state index < -0.39 is 0 Å². The predicted octanol–water partition coefficient (Wildman–Crippen LogP) is 3.01. The van der Waals surface area contributed by atoms with Gasteiger partial charge >= 0.3 is 0 Å². The van der Waals surface area contributed by atoms with Gasteiger partial charge in [0.25, 0.3) is 0 Å². The Hall–Kier alpha value is -1.20. The molecule has 5 heteroatoms. The first-order valence-electron chi connectivity index (χ1n) is 6.24. The van der Waals surface area contributed by atoms with E-state index >= 15 is 0 Å². The standard InChI is InChI=1S/C13H19N3OS/c1-4-11-15-12(14-6-5-7-17-3)10-8-9(2)18-13(10)16-11/h8H,4-7H2,1-3H3,(H,14,15,16). The van der Waals surface area contributed by atoms with Crippen molar-refractivity contribution in [2.75, 3.05) is 25.6 Å². The predicted molar refractivity (Wildman–Crippen MR) is 76.5 cm³/mol. The minimum Gasteiger partial charge on any atom is -0.385 e. The quantitative estimate of drug-likeness (QED) is 0.816. The van der Waals surface area contributed by atoms with Gasteiger partial charge in [0, 0.05) is 31.6 Å². The molecule has 0 amide bonds. The molecule has 1 N–H and O–H groups in total. The SMILES string of the molecule is CCc1nc(NCCCOC)c2cc(C)sc2n1. The first-order valence-corrected chi connectivity index (χ1v) is 7.06. The Morgan fingerprint density at radius 2 is 2.22 bits per heavy atom. The van der Waals surface area contributed by atoms with Gasteiger partial charge in [0.05, 0.1) is 5.39 Å². The summed E-state index contributed by atoms with van der Waals surface area (Å²) in [6, 6.07) is 2.15. The smallest absolute Gasteiger partial charge is 0.138 e. The summed E-state index contributed by atoms with van der Waals surface area (Å²) in [5.41, 5.74) is 0. The van der Waals surface area contributed by atoms with Gasteiger partial charge in [-0.3, -0.25) is 0 Å². The second-order valence-corrected chi connectivity index (χ2v) is 5.43. The highest BCUT2D eigenvalue weighted by Crippen LogP contribution is 2.28. The molecule has 0 aliphatic carbocycles. The maximum absolute atomic E-state index is 5.05. The molecule has 0 spiro atoms. The molecule has 0 radical (unpaired) electrons. The molecule has 0 fully saturated rings. The van der Waals surface area contributed by atoms with E-state index in [0.717, 1.165) is 47.9 Å². The third kappa shape index (κ3) is 2.97. The Morgan fingerprint density at radius 3 is 2.94 bits per heavy atom. The number of rotatable bonds is 6. The van der Waals surface area contributed by atoms with E-state index in [2.05, 4.69) is 35.2 Å². The number of methoxy groups -OCH3 is 1. The van der Waals surface area contributed by atoms with Crippen molar-refractivity contribution in [1.82, 2.24) is 9.97 Å². The lowest BCUT2D eigenvalue weighted by Gasteiger charge is -2.07. The van der Waals surface area contributed by atoms with Crippen molar-refractivity contribution in [1.29, 1.82) is 0 Å². The number of ether oxygens (including phenoxy) is 1. The third-order valence-electron chi connectivity index (χ3n) is 2.70. The maximum Gasteiger partial charge on any atom is 0.138 e. The fraction of sp³-hybridized carbons (Fsp3) is 0.538. The summed E-state index contributed by atoms with van der Waals surface area (Å²) in [4.78, 5) is 11.5. The van der Waals surface area contributed by atoms with Crippen molar-refractivity contribution < 1.29 is 4.74 Å². The number of hydrogen-bond acceptors (Lipinski definition) is 5. The fourth-order valence-corrected chi connectivity index (χ4v) is 2.70. The molecule has 0 saturated heterocycles. The number of anilines is 1. The summed E-state index contributed by atoms with van der Waals surface area (Å²) >= 11 is 1.72. The van der Waals surface area contributed by atoms with Gasteiger partial charge in [0.2, 0.25) is 0 Å². The molecule has 2 rings (SSSR count). The lowest BCUT2D eigenvalue weighted by molar-refractivity contribution is 0.198. The van der Waals surface area contributed by atoms with E-state index in [-0.39, 0.29) is 0 Å². The van der Waals surface area contributed by atoms with Gasteiger partial charge in [0.15, 0.2) is 0 Å². The monoisotopic (exact) mass is 265 g/mol. The molecule has 2 aromatic heterocycles. The van der Waals surface area contributed by atoms with Gasteiger partial charge in [0.1, 0.15) is 16.5 Å². The van der Waals surface area contributed by atoms with Crippen LogP contribution >= 0.6 is 11.3 Å². The van der Waals surface area contributed by atoms with Crippen LogP contribution in [0, 0.1) is 6.92 Å². The van der Waals surface area contributed by atoms with E-state index in [9.17, 15) is 0 Å². The van der Waals surface area contributed by atoms with Crippen LogP contribution in [0.2, 0.25) is 0 Å². The Labute approximate surface area is 111 Å². The van der Waals surface area contributed by atoms with Gasteiger partial charge in [-0.05, 0) is 19.4 Å². The number of thiophene rings is 1. The highest BCUT2D eigenvalue weighted by molar-refractivity contribution is 7.18. The lowest BCUT2D eigenvalue weighted by atomic mass is 10.3. The lowest BCUT2D eigenvalue weighted by Crippen LogP contribution is -2.08. The molecule has 18 heavy (non-hydrogen) atoms. The molecule has 0 bridgehead atoms. The number of fused-ring (bicyclic) bond motifs is 1. The van der Waals surface area contributed by atoms with Crippen LogP contribution in [0.15, 0.2) is 6.07 Å². The fourth-order valence-electron chi connectivity index (χ4n) is 1.80. The molecule has 0 unspecified atom stereocenters. The highest BCUT2D eigenvalue weighted by atomic mass is 32.1. The summed E-state index contributed by atoms with van der Waals surface area (Å²) in [6.07, 6.45) is 1.84. The number of aryl methyl sites for hydroxylation is 2. The summed E-state index contributed by atoms with van der Waals surface area (Å²) in [5, 5.41) is 4.52. The van der Waals surface area contributed by atoms with Crippen LogP contribution in [0.5, 0.6) is 0 Å². The van der Waals surface area contributed by atoms with Crippen LogP contribution in [-0.2, 0) is 11.2 Å². The van der Waals surface area contributed by atoms with Crippen molar-refractivity contribution >= 4 is 27.4 Å². The molecule has 98 valence electrons. The first kappa shape index (κ1) is 13.2. The molecule has 2 aromatic rings. The van der Waals surface area contributed by atoms with Crippen molar-refractivity contribution in [3.8, 4) is 0 Å². The third-order valence-corrected chi connectivity index (χ3v) is 3.64. The van der Waals surface area contributed by atoms with Gasteiger partial charge in [-0.25, -0.2) is 9.97 Å². The van der Waals surface area contributed by atoms with Crippen LogP contribution in [0.1, 0.15) is 24.0 Å². The average Bonchev–Trinajstić information content (AvgIpc) is 2.74. The Bertz CT molecular complexity index is 524. The maximum atomic E-state index is 5.05. The van der Waals surface area contributed by atoms with Crippen molar-refractivity contribution in [2.24, 2.45) is 0 Å². The molecule has 0 atom stereocenters. The van der Waals surface area contributed by atoms with Crippen LogP contribution in [0.4, 0.5) is 5.82 Å². The van der Waals surface area contributed by atoms with Crippen LogP contribution < -0.4 is 5.32 Å². The Morgan fingerprint density at radius 1 is 1.39 bits per heavy atom. The minimum absolute atomic E-state index is 0.768. The normalized spacial score (nSPS) is 11.1. The highest BCUT2D eigenvalue weighted by Gasteiger charge is 2.09. The van der Waals surface area contributed by atoms with E-state index in [0.29, 0.717) is 0 Å². The van der Waals surface area contributed by atoms with Gasteiger partial charge in [-0.2, -0.15) is 0 Å². The summed E-state index contributed by atoms with van der Waals surface area (Å²) < 4.78 is 5.05. The summed E-state index contributed by atoms with van der Waals surface area (Å²) in [7, 11) is 1.72. The van der Waals surface area contributed by atoms with E-state index in [1.807, 2.05) is 0 Å². The van der Waals surface area contributed by atoms with Gasteiger partial charge in [-0.15, -0.1) is 11.3 Å². The molecule has 0 aliphatic heterocycles. The molecular formula is C13H19N3OS. The number of aromatic nitrogens is 2. The molecule has 0 saturated carbocycles. The molecule has 0 aliphatic rings. The van der Waals surface area contributed by atoms with Crippen LogP contribution in [-0.4, -0.2) is 30.2 Å². The van der Waals surface area contributed by atoms with Crippen molar-refractivity contribution in [3.63, 3.8) is 0 Å². The molecule has 4 nitrogen and oxygen atoms in total. The van der Waals surface area contributed by atoms with E-state index in [1.54, 1.807) is 18.4 Å². The number of hydrogen-bond donors (Lipinski definition) is 1. The number of nitrogens with one attached hydrogen (secondary N) is 1. The topological polar surface area (TPSA) is 47.0 Å². The average molecular weight is 265 g/mol. The van der Waals surface area contributed by atoms with Crippen LogP contribution in [0.3, 0.4) is 0 Å². The van der Waals surface area contributed by atoms with Crippen molar-refractivity contribution in [3.05, 3.63) is 16.8 Å². The Balaban J connectivity index is 2.23. The van der Waals surface area contributed by atoms with Gasteiger partial charge < -0.3 is 10.1 Å². The zero-order valence-electron chi connectivity index (χ0n) is 11.1. The van der Waals surface area contributed by atoms with Crippen molar-refractivity contribution in [2.45, 2.75) is 26.7 Å². The first-order chi connectivity index (χ1) is 8.74. The Kier molecular flexibility index (Phi) is 4.49. The second kappa shape index (κ2) is 6.11. The van der Waals surface area contributed by atoms with Gasteiger partial charge in [-0.1, -0.05) is 6.92 Å². The minimum atomic E-state index is 0.768. The second-order valence-electron chi connectivity index (χ2n) is 4.19. The van der Waals surface area contributed by atoms with E-state index in [1.165, 1.54) is 4.88 Å². The molecular weight excluding hydrogens is 246 g/mol. The largest absolute Gasteiger partial charge is 0.385 e. The van der Waals surface area contributed by atoms with Crippen LogP contribution in [0.25, 0.3) is 10.2 Å². The molecule has 2 heterocycles. The zero-order chi connectivity index (χ0) is 13.0. The summed E-state index contributed by atoms with van der Waals surface area (Å²) in [5.74, 6) is 1.86.